The monoisotopic (exact) mass is 282 g/mol. The number of hydrogen-bond acceptors (Lipinski definition) is 3. The summed E-state index contributed by atoms with van der Waals surface area (Å²) in [5.41, 5.74) is 0.473. The lowest BCUT2D eigenvalue weighted by atomic mass is 10.1. The van der Waals surface area contributed by atoms with Gasteiger partial charge in [0.1, 0.15) is 0 Å². The lowest BCUT2D eigenvalue weighted by molar-refractivity contribution is 0.00210. The van der Waals surface area contributed by atoms with Crippen molar-refractivity contribution in [3.8, 4) is 0 Å². The highest BCUT2D eigenvalue weighted by Gasteiger charge is 2.25. The molecule has 2 rings (SSSR count). The van der Waals surface area contributed by atoms with Crippen molar-refractivity contribution in [3.05, 3.63) is 29.0 Å². The second kappa shape index (κ2) is 6.87. The Morgan fingerprint density at radius 3 is 3.21 bits per heavy atom. The first-order chi connectivity index (χ1) is 9.22. The molecule has 19 heavy (non-hydrogen) atoms. The minimum atomic E-state index is -0.0529. The van der Waals surface area contributed by atoms with Gasteiger partial charge in [-0.15, -0.1) is 0 Å². The highest BCUT2D eigenvalue weighted by atomic mass is 35.5. The Bertz CT molecular complexity index is 439. The smallest absolute Gasteiger partial charge is 0.257 e. The van der Waals surface area contributed by atoms with Crippen LogP contribution in [0.3, 0.4) is 0 Å². The SMILES string of the molecule is CCCOC1CCCN(C(=O)c2cnccc2Cl)C1. The zero-order valence-electron chi connectivity index (χ0n) is 11.1. The third-order valence-corrected chi connectivity index (χ3v) is 3.55. The van der Waals surface area contributed by atoms with Crippen LogP contribution in [-0.4, -0.2) is 41.6 Å². The van der Waals surface area contributed by atoms with Crippen molar-refractivity contribution in [2.75, 3.05) is 19.7 Å². The van der Waals surface area contributed by atoms with Crippen molar-refractivity contribution in [2.45, 2.75) is 32.3 Å². The summed E-state index contributed by atoms with van der Waals surface area (Å²) >= 11 is 6.04. The number of hydrogen-bond donors (Lipinski definition) is 0. The van der Waals surface area contributed by atoms with E-state index in [1.807, 2.05) is 4.90 Å². The van der Waals surface area contributed by atoms with Gasteiger partial charge in [0.15, 0.2) is 0 Å². The Kier molecular flexibility index (Phi) is 5.16. The lowest BCUT2D eigenvalue weighted by Gasteiger charge is -2.32. The maximum atomic E-state index is 12.4. The Balaban J connectivity index is 2.01. The second-order valence-corrected chi connectivity index (χ2v) is 5.15. The maximum absolute atomic E-state index is 12.4. The Labute approximate surface area is 118 Å². The molecular weight excluding hydrogens is 264 g/mol. The van der Waals surface area contributed by atoms with Crippen LogP contribution in [0.15, 0.2) is 18.5 Å². The summed E-state index contributed by atoms with van der Waals surface area (Å²) in [5.74, 6) is -0.0529. The minimum Gasteiger partial charge on any atom is -0.376 e. The average molecular weight is 283 g/mol. The number of carbonyl (C=O) groups excluding carboxylic acids is 1. The summed E-state index contributed by atoms with van der Waals surface area (Å²) in [5, 5.41) is 0.455. The molecule has 0 aromatic carbocycles. The summed E-state index contributed by atoms with van der Waals surface area (Å²) in [7, 11) is 0. The van der Waals surface area contributed by atoms with Gasteiger partial charge in [0.05, 0.1) is 16.7 Å². The molecule has 1 unspecified atom stereocenters. The highest BCUT2D eigenvalue weighted by Crippen LogP contribution is 2.20. The van der Waals surface area contributed by atoms with Crippen molar-refractivity contribution < 1.29 is 9.53 Å². The maximum Gasteiger partial charge on any atom is 0.257 e. The summed E-state index contributed by atoms with van der Waals surface area (Å²) in [6.45, 7) is 4.24. The average Bonchev–Trinajstić information content (AvgIpc) is 2.45. The summed E-state index contributed by atoms with van der Waals surface area (Å²) < 4.78 is 5.74. The van der Waals surface area contributed by atoms with Gasteiger partial charge in [-0.1, -0.05) is 18.5 Å². The third-order valence-electron chi connectivity index (χ3n) is 3.22. The molecule has 0 saturated carbocycles. The molecule has 4 nitrogen and oxygen atoms in total. The molecule has 104 valence electrons. The predicted molar refractivity (Wildman–Crippen MR) is 74.4 cm³/mol. The van der Waals surface area contributed by atoms with Gasteiger partial charge in [-0.05, 0) is 25.3 Å². The van der Waals surface area contributed by atoms with E-state index in [2.05, 4.69) is 11.9 Å². The van der Waals surface area contributed by atoms with E-state index in [0.29, 0.717) is 17.1 Å². The Morgan fingerprint density at radius 1 is 1.63 bits per heavy atom. The number of carbonyl (C=O) groups is 1. The molecule has 0 N–H and O–H groups in total. The first-order valence-electron chi connectivity index (χ1n) is 6.72. The highest BCUT2D eigenvalue weighted by molar-refractivity contribution is 6.33. The van der Waals surface area contributed by atoms with E-state index in [9.17, 15) is 4.79 Å². The lowest BCUT2D eigenvalue weighted by Crippen LogP contribution is -2.43. The van der Waals surface area contributed by atoms with Crippen molar-refractivity contribution >= 4 is 17.5 Å². The summed E-state index contributed by atoms with van der Waals surface area (Å²) in [4.78, 5) is 18.2. The van der Waals surface area contributed by atoms with Crippen LogP contribution in [0, 0.1) is 0 Å². The molecule has 0 bridgehead atoms. The van der Waals surface area contributed by atoms with Crippen LogP contribution in [0.2, 0.25) is 5.02 Å². The first-order valence-corrected chi connectivity index (χ1v) is 7.10. The molecule has 0 aliphatic carbocycles. The van der Waals surface area contributed by atoms with E-state index in [4.69, 9.17) is 16.3 Å². The van der Waals surface area contributed by atoms with Crippen LogP contribution in [-0.2, 0) is 4.74 Å². The third kappa shape index (κ3) is 3.67. The molecular formula is C14H19ClN2O2. The fourth-order valence-corrected chi connectivity index (χ4v) is 2.43. The van der Waals surface area contributed by atoms with Crippen molar-refractivity contribution in [1.82, 2.24) is 9.88 Å². The van der Waals surface area contributed by atoms with Crippen LogP contribution in [0.1, 0.15) is 36.5 Å². The van der Waals surface area contributed by atoms with Gasteiger partial charge in [0, 0.05) is 32.1 Å². The van der Waals surface area contributed by atoms with Gasteiger partial charge in [-0.2, -0.15) is 0 Å². The molecule has 1 saturated heterocycles. The summed E-state index contributed by atoms with van der Waals surface area (Å²) in [6, 6.07) is 1.64. The van der Waals surface area contributed by atoms with Gasteiger partial charge in [0.25, 0.3) is 5.91 Å². The number of ether oxygens (including phenoxy) is 1. The van der Waals surface area contributed by atoms with Gasteiger partial charge in [-0.3, -0.25) is 9.78 Å². The number of amides is 1. The van der Waals surface area contributed by atoms with E-state index in [0.717, 1.165) is 32.4 Å². The van der Waals surface area contributed by atoms with E-state index >= 15 is 0 Å². The molecule has 1 aliphatic rings. The zero-order chi connectivity index (χ0) is 13.7. The number of rotatable bonds is 4. The van der Waals surface area contributed by atoms with Gasteiger partial charge >= 0.3 is 0 Å². The number of piperidine rings is 1. The normalized spacial score (nSPS) is 19.5. The van der Waals surface area contributed by atoms with Crippen molar-refractivity contribution in [1.29, 1.82) is 0 Å². The Morgan fingerprint density at radius 2 is 2.47 bits per heavy atom. The van der Waals surface area contributed by atoms with Gasteiger partial charge in [-0.25, -0.2) is 0 Å². The van der Waals surface area contributed by atoms with Crippen LogP contribution in [0.25, 0.3) is 0 Å². The number of nitrogens with zero attached hydrogens (tertiary/aromatic N) is 2. The first kappa shape index (κ1) is 14.3. The fourth-order valence-electron chi connectivity index (χ4n) is 2.25. The molecule has 1 amide bonds. The van der Waals surface area contributed by atoms with Crippen LogP contribution >= 0.6 is 11.6 Å². The number of pyridine rings is 1. The van der Waals surface area contributed by atoms with E-state index in [1.165, 1.54) is 6.20 Å². The van der Waals surface area contributed by atoms with Gasteiger partial charge < -0.3 is 9.64 Å². The fraction of sp³-hybridized carbons (Fsp3) is 0.571. The van der Waals surface area contributed by atoms with E-state index in [1.54, 1.807) is 12.3 Å². The molecule has 1 aromatic heterocycles. The molecule has 1 aromatic rings. The van der Waals surface area contributed by atoms with E-state index in [-0.39, 0.29) is 12.0 Å². The molecule has 1 aliphatic heterocycles. The quantitative estimate of drug-likeness (QED) is 0.853. The van der Waals surface area contributed by atoms with Crippen LogP contribution < -0.4 is 0 Å². The standard InChI is InChI=1S/C14H19ClN2O2/c1-2-8-19-11-4-3-7-17(10-11)14(18)12-9-16-6-5-13(12)15/h5-6,9,11H,2-4,7-8,10H2,1H3. The number of aromatic nitrogens is 1. The van der Waals surface area contributed by atoms with Crippen LogP contribution in [0.4, 0.5) is 0 Å². The van der Waals surface area contributed by atoms with E-state index < -0.39 is 0 Å². The predicted octanol–water partition coefficient (Wildman–Crippen LogP) is 2.77. The van der Waals surface area contributed by atoms with Crippen LogP contribution in [0.5, 0.6) is 0 Å². The molecule has 5 heteroatoms. The number of halogens is 1. The summed E-state index contributed by atoms with van der Waals surface area (Å²) in [6.07, 6.45) is 6.25. The van der Waals surface area contributed by atoms with Gasteiger partial charge in [0.2, 0.25) is 0 Å². The van der Waals surface area contributed by atoms with Crippen molar-refractivity contribution in [3.63, 3.8) is 0 Å². The molecule has 1 atom stereocenters. The Hall–Kier alpha value is -1.13. The molecule has 0 spiro atoms. The topological polar surface area (TPSA) is 42.4 Å². The second-order valence-electron chi connectivity index (χ2n) is 4.74. The largest absolute Gasteiger partial charge is 0.376 e. The zero-order valence-corrected chi connectivity index (χ0v) is 11.9. The molecule has 1 fully saturated rings. The molecule has 2 heterocycles. The number of likely N-dealkylation sites (tertiary alicyclic amines) is 1. The molecule has 0 radical (unpaired) electrons. The van der Waals surface area contributed by atoms with Crippen molar-refractivity contribution in [2.24, 2.45) is 0 Å². The minimum absolute atomic E-state index is 0.0529.